The molecule has 0 aliphatic rings. The van der Waals surface area contributed by atoms with Gasteiger partial charge in [-0.2, -0.15) is 0 Å². The number of halogens is 1. The molecular weight excluding hydrogens is 193 g/mol. The molecule has 1 aromatic carbocycles. The summed E-state index contributed by atoms with van der Waals surface area (Å²) in [6.45, 7) is 1.88. The van der Waals surface area contributed by atoms with Gasteiger partial charge in [0.25, 0.3) is 0 Å². The summed E-state index contributed by atoms with van der Waals surface area (Å²) in [4.78, 5) is 7.95. The van der Waals surface area contributed by atoms with Crippen LogP contribution in [0.3, 0.4) is 0 Å². The number of anilines is 1. The normalized spacial score (nSPS) is 10.3. The van der Waals surface area contributed by atoms with Gasteiger partial charge in [-0.15, -0.1) is 0 Å². The third-order valence-electron chi connectivity index (χ3n) is 2.04. The highest BCUT2D eigenvalue weighted by Crippen LogP contribution is 2.20. The molecule has 1 aromatic heterocycles. The minimum atomic E-state index is -0.341. The van der Waals surface area contributed by atoms with Crippen molar-refractivity contribution < 1.29 is 4.39 Å². The van der Waals surface area contributed by atoms with Crippen LogP contribution in [-0.4, -0.2) is 9.97 Å². The molecule has 0 saturated carbocycles. The van der Waals surface area contributed by atoms with Crippen LogP contribution < -0.4 is 5.73 Å². The van der Waals surface area contributed by atoms with Gasteiger partial charge >= 0.3 is 0 Å². The summed E-state index contributed by atoms with van der Waals surface area (Å²) >= 11 is 0. The van der Waals surface area contributed by atoms with Gasteiger partial charge in [0, 0.05) is 6.20 Å². The zero-order valence-corrected chi connectivity index (χ0v) is 8.24. The van der Waals surface area contributed by atoms with Crippen LogP contribution in [0.5, 0.6) is 0 Å². The first-order valence-corrected chi connectivity index (χ1v) is 4.52. The standard InChI is InChI=1S/C11H10FN3/c1-7-2-3-9(12)8(6-7)11-14-5-4-10(13)15-11/h2-6H,1H3,(H2,13,14,15). The van der Waals surface area contributed by atoms with E-state index in [9.17, 15) is 4.39 Å². The molecule has 76 valence electrons. The van der Waals surface area contributed by atoms with Gasteiger partial charge in [0.1, 0.15) is 11.6 Å². The summed E-state index contributed by atoms with van der Waals surface area (Å²) < 4.78 is 13.5. The number of aryl methyl sites for hydroxylation is 1. The number of hydrogen-bond acceptors (Lipinski definition) is 3. The molecule has 0 radical (unpaired) electrons. The Balaban J connectivity index is 2.58. The van der Waals surface area contributed by atoms with Gasteiger partial charge in [0.05, 0.1) is 5.56 Å². The molecule has 15 heavy (non-hydrogen) atoms. The van der Waals surface area contributed by atoms with Crippen LogP contribution in [0.2, 0.25) is 0 Å². The predicted octanol–water partition coefficient (Wildman–Crippen LogP) is 2.17. The molecule has 0 amide bonds. The highest BCUT2D eigenvalue weighted by atomic mass is 19.1. The fourth-order valence-corrected chi connectivity index (χ4v) is 1.31. The van der Waals surface area contributed by atoms with Gasteiger partial charge in [-0.3, -0.25) is 0 Å². The molecule has 0 bridgehead atoms. The summed E-state index contributed by atoms with van der Waals surface area (Å²) in [6.07, 6.45) is 1.51. The van der Waals surface area contributed by atoms with E-state index in [1.807, 2.05) is 6.92 Å². The Bertz CT molecular complexity index is 497. The molecule has 0 aliphatic heterocycles. The van der Waals surface area contributed by atoms with Crippen molar-refractivity contribution in [2.75, 3.05) is 5.73 Å². The molecule has 0 aliphatic carbocycles. The number of nitrogens with zero attached hydrogens (tertiary/aromatic N) is 2. The highest BCUT2D eigenvalue weighted by molar-refractivity contribution is 5.58. The minimum absolute atomic E-state index is 0.316. The Morgan fingerprint density at radius 3 is 2.80 bits per heavy atom. The van der Waals surface area contributed by atoms with E-state index in [-0.39, 0.29) is 5.82 Å². The molecule has 0 unspecified atom stereocenters. The van der Waals surface area contributed by atoms with Gasteiger partial charge in [-0.25, -0.2) is 14.4 Å². The maximum absolute atomic E-state index is 13.5. The van der Waals surface area contributed by atoms with Crippen molar-refractivity contribution in [3.05, 3.63) is 41.8 Å². The largest absolute Gasteiger partial charge is 0.384 e. The van der Waals surface area contributed by atoms with Crippen LogP contribution in [0.1, 0.15) is 5.56 Å². The Morgan fingerprint density at radius 2 is 2.07 bits per heavy atom. The SMILES string of the molecule is Cc1ccc(F)c(-c2nccc(N)n2)c1. The van der Waals surface area contributed by atoms with Gasteiger partial charge in [0.2, 0.25) is 0 Å². The van der Waals surface area contributed by atoms with E-state index in [1.165, 1.54) is 12.3 Å². The third kappa shape index (κ3) is 1.93. The Hall–Kier alpha value is -1.97. The Labute approximate surface area is 86.8 Å². The smallest absolute Gasteiger partial charge is 0.164 e. The maximum Gasteiger partial charge on any atom is 0.164 e. The van der Waals surface area contributed by atoms with Crippen molar-refractivity contribution in [3.8, 4) is 11.4 Å². The second-order valence-corrected chi connectivity index (χ2v) is 3.29. The first-order valence-electron chi connectivity index (χ1n) is 4.52. The summed E-state index contributed by atoms with van der Waals surface area (Å²) in [7, 11) is 0. The van der Waals surface area contributed by atoms with E-state index in [4.69, 9.17) is 5.73 Å². The summed E-state index contributed by atoms with van der Waals surface area (Å²) in [5.74, 6) is 0.309. The fourth-order valence-electron chi connectivity index (χ4n) is 1.31. The highest BCUT2D eigenvalue weighted by Gasteiger charge is 2.07. The lowest BCUT2D eigenvalue weighted by molar-refractivity contribution is 0.629. The van der Waals surface area contributed by atoms with Gasteiger partial charge < -0.3 is 5.73 Å². The monoisotopic (exact) mass is 203 g/mol. The van der Waals surface area contributed by atoms with E-state index in [0.717, 1.165) is 5.56 Å². The first-order chi connectivity index (χ1) is 7.16. The van der Waals surface area contributed by atoms with Crippen molar-refractivity contribution >= 4 is 5.82 Å². The lowest BCUT2D eigenvalue weighted by Gasteiger charge is -2.03. The number of nitrogens with two attached hydrogens (primary N) is 1. The molecular formula is C11H10FN3. The second-order valence-electron chi connectivity index (χ2n) is 3.29. The molecule has 2 rings (SSSR count). The first kappa shape index (κ1) is 9.58. The minimum Gasteiger partial charge on any atom is -0.384 e. The lowest BCUT2D eigenvalue weighted by atomic mass is 10.1. The maximum atomic E-state index is 13.5. The van der Waals surface area contributed by atoms with Crippen LogP contribution >= 0.6 is 0 Å². The molecule has 3 nitrogen and oxygen atoms in total. The topological polar surface area (TPSA) is 51.8 Å². The summed E-state index contributed by atoms with van der Waals surface area (Å²) in [5, 5.41) is 0. The average Bonchev–Trinajstić information content (AvgIpc) is 2.22. The van der Waals surface area contributed by atoms with Gasteiger partial charge in [0.15, 0.2) is 5.82 Å². The van der Waals surface area contributed by atoms with E-state index in [1.54, 1.807) is 18.2 Å². The number of aromatic nitrogens is 2. The van der Waals surface area contributed by atoms with E-state index in [2.05, 4.69) is 9.97 Å². The van der Waals surface area contributed by atoms with Crippen LogP contribution in [-0.2, 0) is 0 Å². The second kappa shape index (κ2) is 3.65. The molecule has 0 saturated heterocycles. The van der Waals surface area contributed by atoms with Crippen molar-refractivity contribution in [3.63, 3.8) is 0 Å². The quantitative estimate of drug-likeness (QED) is 0.772. The third-order valence-corrected chi connectivity index (χ3v) is 2.04. The van der Waals surface area contributed by atoms with E-state index in [0.29, 0.717) is 17.2 Å². The Morgan fingerprint density at radius 1 is 1.27 bits per heavy atom. The van der Waals surface area contributed by atoms with Gasteiger partial charge in [-0.05, 0) is 25.1 Å². The Kier molecular flexibility index (Phi) is 2.33. The predicted molar refractivity (Wildman–Crippen MR) is 56.6 cm³/mol. The van der Waals surface area contributed by atoms with Crippen molar-refractivity contribution in [1.29, 1.82) is 0 Å². The number of rotatable bonds is 1. The van der Waals surface area contributed by atoms with Crippen LogP contribution in [0.25, 0.3) is 11.4 Å². The molecule has 0 atom stereocenters. The molecule has 0 spiro atoms. The molecule has 2 N–H and O–H groups in total. The lowest BCUT2D eigenvalue weighted by Crippen LogP contribution is -1.96. The van der Waals surface area contributed by atoms with Crippen molar-refractivity contribution in [2.24, 2.45) is 0 Å². The molecule has 4 heteroatoms. The molecule has 2 aromatic rings. The zero-order valence-electron chi connectivity index (χ0n) is 8.24. The van der Waals surface area contributed by atoms with Crippen LogP contribution in [0.4, 0.5) is 10.2 Å². The van der Waals surface area contributed by atoms with E-state index < -0.39 is 0 Å². The van der Waals surface area contributed by atoms with Crippen LogP contribution in [0, 0.1) is 12.7 Å². The number of benzene rings is 1. The summed E-state index contributed by atoms with van der Waals surface area (Å²) in [5.41, 5.74) is 6.84. The molecule has 1 heterocycles. The van der Waals surface area contributed by atoms with E-state index >= 15 is 0 Å². The molecule has 0 fully saturated rings. The van der Waals surface area contributed by atoms with Crippen molar-refractivity contribution in [2.45, 2.75) is 6.92 Å². The summed E-state index contributed by atoms with van der Waals surface area (Å²) in [6, 6.07) is 6.36. The fraction of sp³-hybridized carbons (Fsp3) is 0.0909. The van der Waals surface area contributed by atoms with Crippen LogP contribution in [0.15, 0.2) is 30.5 Å². The average molecular weight is 203 g/mol. The number of hydrogen-bond donors (Lipinski definition) is 1. The zero-order chi connectivity index (χ0) is 10.8. The number of nitrogen functional groups attached to an aromatic ring is 1. The van der Waals surface area contributed by atoms with Gasteiger partial charge in [-0.1, -0.05) is 11.6 Å². The van der Waals surface area contributed by atoms with Crippen molar-refractivity contribution in [1.82, 2.24) is 9.97 Å².